The van der Waals surface area contributed by atoms with Crippen LogP contribution < -0.4 is 0 Å². The molecule has 0 atom stereocenters. The Balaban J connectivity index is 0.000000396. The number of nitrogens with zero attached hydrogens (tertiary/aromatic N) is 2. The van der Waals surface area contributed by atoms with Gasteiger partial charge in [-0.3, -0.25) is 4.98 Å². The lowest BCUT2D eigenvalue weighted by molar-refractivity contribution is 0.560. The third-order valence-electron chi connectivity index (χ3n) is 1.52. The first-order valence-electron chi connectivity index (χ1n) is 4.45. The smallest absolute Gasteiger partial charge is 0.192 e. The van der Waals surface area contributed by atoms with Crippen LogP contribution in [0.1, 0.15) is 25.4 Å². The van der Waals surface area contributed by atoms with Gasteiger partial charge >= 0.3 is 0 Å². The second-order valence-electron chi connectivity index (χ2n) is 2.53. The van der Waals surface area contributed by atoms with Gasteiger partial charge in [-0.05, 0) is 6.92 Å². The zero-order chi connectivity index (χ0) is 9.84. The maximum absolute atomic E-state index is 5.30. The Labute approximate surface area is 77.8 Å². The van der Waals surface area contributed by atoms with Gasteiger partial charge in [-0.2, -0.15) is 0 Å². The molecule has 3 heteroatoms. The van der Waals surface area contributed by atoms with Gasteiger partial charge in [-0.15, -0.1) is 0 Å². The van der Waals surface area contributed by atoms with Gasteiger partial charge in [0.15, 0.2) is 11.5 Å². The van der Waals surface area contributed by atoms with E-state index in [1.54, 1.807) is 6.20 Å². The molecule has 2 rings (SSSR count). The summed E-state index contributed by atoms with van der Waals surface area (Å²) >= 11 is 0. The summed E-state index contributed by atoms with van der Waals surface area (Å²) in [4.78, 5) is 8.22. The molecule has 0 fully saturated rings. The molecule has 0 saturated carbocycles. The normalized spacial score (nSPS) is 9.54. The van der Waals surface area contributed by atoms with Gasteiger partial charge in [0.25, 0.3) is 0 Å². The lowest BCUT2D eigenvalue weighted by Crippen LogP contribution is -1.77. The molecule has 2 aromatic heterocycles. The van der Waals surface area contributed by atoms with E-state index in [2.05, 4.69) is 9.97 Å². The molecule has 0 aromatic carbocycles. The number of fused-ring (bicyclic) bond motifs is 1. The molecule has 0 bridgehead atoms. The number of oxazole rings is 1. The van der Waals surface area contributed by atoms with Crippen molar-refractivity contribution in [3.8, 4) is 0 Å². The van der Waals surface area contributed by atoms with Crippen molar-refractivity contribution in [2.24, 2.45) is 0 Å². The lowest BCUT2D eigenvalue weighted by Gasteiger charge is -1.87. The first-order chi connectivity index (χ1) is 6.25. The highest BCUT2D eigenvalue weighted by Gasteiger charge is 2.00. The fraction of sp³-hybridized carbons (Fsp3) is 0.400. The maximum Gasteiger partial charge on any atom is 0.192 e. The number of aromatic nitrogens is 2. The van der Waals surface area contributed by atoms with Crippen LogP contribution in [0.2, 0.25) is 0 Å². The molecule has 0 radical (unpaired) electrons. The summed E-state index contributed by atoms with van der Waals surface area (Å²) in [5, 5.41) is 0. The van der Waals surface area contributed by atoms with Crippen molar-refractivity contribution >= 4 is 11.1 Å². The molecule has 2 aromatic rings. The first kappa shape index (κ1) is 9.71. The average molecular weight is 178 g/mol. The molecule has 0 saturated heterocycles. The summed E-state index contributed by atoms with van der Waals surface area (Å²) in [6, 6.07) is 1.88. The zero-order valence-electron chi connectivity index (χ0n) is 8.46. The molecule has 0 amide bonds. The monoisotopic (exact) mass is 178 g/mol. The number of aryl methyl sites for hydroxylation is 2. The number of hydrogen-bond donors (Lipinski definition) is 0. The maximum atomic E-state index is 5.30. The van der Waals surface area contributed by atoms with Crippen LogP contribution >= 0.6 is 0 Å². The van der Waals surface area contributed by atoms with Crippen molar-refractivity contribution in [3.05, 3.63) is 23.8 Å². The van der Waals surface area contributed by atoms with Gasteiger partial charge < -0.3 is 4.42 Å². The Morgan fingerprint density at radius 1 is 1.23 bits per heavy atom. The van der Waals surface area contributed by atoms with Gasteiger partial charge in [-0.25, -0.2) is 4.98 Å². The second-order valence-corrected chi connectivity index (χ2v) is 2.53. The molecule has 13 heavy (non-hydrogen) atoms. The van der Waals surface area contributed by atoms with Crippen LogP contribution in [0.5, 0.6) is 0 Å². The molecule has 0 aliphatic heterocycles. The number of pyridine rings is 1. The highest BCUT2D eigenvalue weighted by atomic mass is 16.3. The van der Waals surface area contributed by atoms with Gasteiger partial charge in [-0.1, -0.05) is 13.8 Å². The molecule has 0 aliphatic carbocycles. The van der Waals surface area contributed by atoms with Crippen LogP contribution in [0.15, 0.2) is 16.7 Å². The summed E-state index contributed by atoms with van der Waals surface area (Å²) in [7, 11) is 0. The second kappa shape index (κ2) is 4.03. The fourth-order valence-electron chi connectivity index (χ4n) is 1.04. The third kappa shape index (κ3) is 2.05. The molecule has 0 spiro atoms. The van der Waals surface area contributed by atoms with Gasteiger partial charge in [0.2, 0.25) is 0 Å². The highest BCUT2D eigenvalue weighted by molar-refractivity contribution is 5.71. The van der Waals surface area contributed by atoms with Crippen molar-refractivity contribution in [3.63, 3.8) is 0 Å². The highest BCUT2D eigenvalue weighted by Crippen LogP contribution is 2.13. The van der Waals surface area contributed by atoms with Crippen molar-refractivity contribution in [1.82, 2.24) is 9.97 Å². The minimum atomic E-state index is 0.687. The standard InChI is InChI=1S/C8H8N2O.C2H6/c1-5-3-8-7(4-9-5)10-6(2)11-8;1-2/h3-4H,1-2H3;1-2H3. The lowest BCUT2D eigenvalue weighted by atomic mass is 10.3. The molecular weight excluding hydrogens is 164 g/mol. The van der Waals surface area contributed by atoms with Crippen molar-refractivity contribution in [1.29, 1.82) is 0 Å². The predicted octanol–water partition coefficient (Wildman–Crippen LogP) is 2.87. The van der Waals surface area contributed by atoms with Gasteiger partial charge in [0, 0.05) is 18.7 Å². The summed E-state index contributed by atoms with van der Waals surface area (Å²) in [6.45, 7) is 7.76. The topological polar surface area (TPSA) is 38.9 Å². The molecule has 0 aliphatic rings. The quantitative estimate of drug-likeness (QED) is 0.622. The van der Waals surface area contributed by atoms with E-state index in [-0.39, 0.29) is 0 Å². The first-order valence-corrected chi connectivity index (χ1v) is 4.45. The Morgan fingerprint density at radius 3 is 2.62 bits per heavy atom. The summed E-state index contributed by atoms with van der Waals surface area (Å²) < 4.78 is 5.30. The summed E-state index contributed by atoms with van der Waals surface area (Å²) in [5.41, 5.74) is 2.59. The Hall–Kier alpha value is -1.38. The Kier molecular flexibility index (Phi) is 3.01. The van der Waals surface area contributed by atoms with E-state index in [1.165, 1.54) is 0 Å². The predicted molar refractivity (Wildman–Crippen MR) is 52.6 cm³/mol. The van der Waals surface area contributed by atoms with E-state index in [4.69, 9.17) is 4.42 Å². The fourth-order valence-corrected chi connectivity index (χ4v) is 1.04. The third-order valence-corrected chi connectivity index (χ3v) is 1.52. The van der Waals surface area contributed by atoms with Crippen LogP contribution in [0.4, 0.5) is 0 Å². The van der Waals surface area contributed by atoms with Crippen molar-refractivity contribution < 1.29 is 4.42 Å². The largest absolute Gasteiger partial charge is 0.441 e. The molecule has 70 valence electrons. The minimum Gasteiger partial charge on any atom is -0.441 e. The van der Waals surface area contributed by atoms with Crippen LogP contribution in [0, 0.1) is 13.8 Å². The molecule has 0 unspecified atom stereocenters. The van der Waals surface area contributed by atoms with Crippen LogP contribution in [-0.4, -0.2) is 9.97 Å². The Bertz CT molecular complexity index is 393. The van der Waals surface area contributed by atoms with E-state index >= 15 is 0 Å². The molecular formula is C10H14N2O. The SMILES string of the molecule is CC.Cc1cc2oc(C)nc2cn1. The van der Waals surface area contributed by atoms with Gasteiger partial charge in [0.05, 0.1) is 6.20 Å². The number of rotatable bonds is 0. The van der Waals surface area contributed by atoms with Crippen molar-refractivity contribution in [2.75, 3.05) is 0 Å². The van der Waals surface area contributed by atoms with Crippen LogP contribution in [0.3, 0.4) is 0 Å². The van der Waals surface area contributed by atoms with Crippen LogP contribution in [0.25, 0.3) is 11.1 Å². The molecule has 2 heterocycles. The summed E-state index contributed by atoms with van der Waals surface area (Å²) in [6.07, 6.45) is 1.72. The van der Waals surface area contributed by atoms with E-state index in [9.17, 15) is 0 Å². The van der Waals surface area contributed by atoms with Crippen LogP contribution in [-0.2, 0) is 0 Å². The summed E-state index contributed by atoms with van der Waals surface area (Å²) in [5.74, 6) is 0.687. The molecule has 3 nitrogen and oxygen atoms in total. The number of hydrogen-bond acceptors (Lipinski definition) is 3. The van der Waals surface area contributed by atoms with Gasteiger partial charge in [0.1, 0.15) is 5.52 Å². The zero-order valence-corrected chi connectivity index (χ0v) is 8.46. The minimum absolute atomic E-state index is 0.687. The molecule has 0 N–H and O–H groups in total. The van der Waals surface area contributed by atoms with Crippen molar-refractivity contribution in [2.45, 2.75) is 27.7 Å². The Morgan fingerprint density at radius 2 is 1.92 bits per heavy atom. The van der Waals surface area contributed by atoms with E-state index in [0.29, 0.717) is 5.89 Å². The van der Waals surface area contributed by atoms with E-state index in [0.717, 1.165) is 16.8 Å². The van der Waals surface area contributed by atoms with E-state index < -0.39 is 0 Å². The van der Waals surface area contributed by atoms with E-state index in [1.807, 2.05) is 33.8 Å². The average Bonchev–Trinajstić information content (AvgIpc) is 2.48.